The molecule has 1 aliphatic heterocycles. The lowest BCUT2D eigenvalue weighted by molar-refractivity contribution is -0.0672. The first-order valence-corrected chi connectivity index (χ1v) is 8.47. The van der Waals surface area contributed by atoms with E-state index in [1.807, 2.05) is 0 Å². The van der Waals surface area contributed by atoms with Gasteiger partial charge in [-0.15, -0.1) is 0 Å². The number of imidazole rings is 1. The number of halogens is 1. The second-order valence-electron chi connectivity index (χ2n) is 6.40. The topological polar surface area (TPSA) is 59.4 Å². The summed E-state index contributed by atoms with van der Waals surface area (Å²) in [6.07, 6.45) is 3.48. The van der Waals surface area contributed by atoms with E-state index in [-0.39, 0.29) is 23.9 Å². The molecule has 1 N–H and O–H groups in total. The molecule has 1 saturated heterocycles. The van der Waals surface area contributed by atoms with Crippen LogP contribution in [0.4, 0.5) is 4.39 Å². The zero-order valence-electron chi connectivity index (χ0n) is 14.5. The molecule has 1 aromatic carbocycles. The monoisotopic (exact) mass is 346 g/mol. The van der Waals surface area contributed by atoms with Gasteiger partial charge in [0.05, 0.1) is 24.7 Å². The molecule has 2 aromatic rings. The average Bonchev–Trinajstić information content (AvgIpc) is 3.04. The van der Waals surface area contributed by atoms with E-state index in [4.69, 9.17) is 4.74 Å². The Balaban J connectivity index is 1.57. The number of hydrogen-bond acceptors (Lipinski definition) is 4. The zero-order chi connectivity index (χ0) is 17.8. The van der Waals surface area contributed by atoms with Crippen LogP contribution in [0.1, 0.15) is 24.3 Å². The number of ether oxygens (including phenoxy) is 1. The molecule has 1 amide bonds. The molecular formula is C18H23FN4O2. The number of carbonyl (C=O) groups is 1. The van der Waals surface area contributed by atoms with Gasteiger partial charge in [0.15, 0.2) is 0 Å². The van der Waals surface area contributed by atoms with Crippen LogP contribution < -0.4 is 5.32 Å². The van der Waals surface area contributed by atoms with Crippen molar-refractivity contribution in [3.8, 4) is 5.69 Å². The van der Waals surface area contributed by atoms with Crippen molar-refractivity contribution in [2.24, 2.45) is 0 Å². The van der Waals surface area contributed by atoms with Crippen LogP contribution in [0.15, 0.2) is 36.8 Å². The van der Waals surface area contributed by atoms with Crippen molar-refractivity contribution in [1.29, 1.82) is 0 Å². The second kappa shape index (κ2) is 7.76. The molecule has 1 fully saturated rings. The van der Waals surface area contributed by atoms with Gasteiger partial charge in [-0.25, -0.2) is 9.37 Å². The fraction of sp³-hybridized carbons (Fsp3) is 0.444. The molecule has 25 heavy (non-hydrogen) atoms. The van der Waals surface area contributed by atoms with Crippen LogP contribution in [-0.4, -0.2) is 58.7 Å². The Morgan fingerprint density at radius 2 is 1.96 bits per heavy atom. The lowest BCUT2D eigenvalue weighted by Crippen LogP contribution is -2.47. The number of amides is 1. The normalized spacial score (nSPS) is 21.2. The first-order valence-electron chi connectivity index (χ1n) is 8.47. The molecule has 0 aliphatic carbocycles. The number of nitrogens with zero attached hydrogens (tertiary/aromatic N) is 3. The Morgan fingerprint density at radius 1 is 1.28 bits per heavy atom. The van der Waals surface area contributed by atoms with Crippen LogP contribution in [0.25, 0.3) is 5.69 Å². The van der Waals surface area contributed by atoms with Gasteiger partial charge in [-0.2, -0.15) is 0 Å². The van der Waals surface area contributed by atoms with Gasteiger partial charge in [0, 0.05) is 31.9 Å². The van der Waals surface area contributed by atoms with Gasteiger partial charge in [-0.05, 0) is 38.1 Å². The molecule has 134 valence electrons. The third kappa shape index (κ3) is 4.43. The van der Waals surface area contributed by atoms with E-state index in [0.717, 1.165) is 19.6 Å². The summed E-state index contributed by atoms with van der Waals surface area (Å²) in [7, 11) is 0. The highest BCUT2D eigenvalue weighted by Crippen LogP contribution is 2.12. The third-order valence-electron chi connectivity index (χ3n) is 4.18. The molecule has 0 saturated carbocycles. The summed E-state index contributed by atoms with van der Waals surface area (Å²) in [4.78, 5) is 18.8. The molecule has 3 rings (SSSR count). The summed E-state index contributed by atoms with van der Waals surface area (Å²) in [6.45, 7) is 7.17. The van der Waals surface area contributed by atoms with Crippen molar-refractivity contribution in [1.82, 2.24) is 19.8 Å². The van der Waals surface area contributed by atoms with Gasteiger partial charge in [0.25, 0.3) is 5.91 Å². The number of aromatic nitrogens is 2. The Hall–Kier alpha value is -2.25. The standard InChI is InChI=1S/C18H23FN4O2/c1-13-10-22(11-14(2)25-13)8-7-21-18(24)17-9-20-12-23(17)16-5-3-15(19)4-6-16/h3-6,9,12-14H,7-8,10-11H2,1-2H3,(H,21,24)/t13-,14+. The van der Waals surface area contributed by atoms with Gasteiger partial charge in [0.1, 0.15) is 11.5 Å². The predicted molar refractivity (Wildman–Crippen MR) is 92.3 cm³/mol. The summed E-state index contributed by atoms with van der Waals surface area (Å²) < 4.78 is 20.4. The Labute approximate surface area is 146 Å². The number of hydrogen-bond donors (Lipinski definition) is 1. The van der Waals surface area contributed by atoms with Crippen LogP contribution in [0, 0.1) is 5.82 Å². The van der Waals surface area contributed by atoms with Gasteiger partial charge in [-0.1, -0.05) is 0 Å². The lowest BCUT2D eigenvalue weighted by Gasteiger charge is -2.35. The minimum Gasteiger partial charge on any atom is -0.373 e. The smallest absolute Gasteiger partial charge is 0.269 e. The molecule has 1 aromatic heterocycles. The van der Waals surface area contributed by atoms with Crippen LogP contribution in [0.3, 0.4) is 0 Å². The molecule has 1 aliphatic rings. The zero-order valence-corrected chi connectivity index (χ0v) is 14.5. The Morgan fingerprint density at radius 3 is 2.64 bits per heavy atom. The summed E-state index contributed by atoms with van der Waals surface area (Å²) in [6, 6.07) is 5.95. The van der Waals surface area contributed by atoms with E-state index in [1.165, 1.54) is 18.3 Å². The van der Waals surface area contributed by atoms with E-state index in [2.05, 4.69) is 29.0 Å². The van der Waals surface area contributed by atoms with E-state index in [9.17, 15) is 9.18 Å². The lowest BCUT2D eigenvalue weighted by atomic mass is 10.2. The molecule has 6 nitrogen and oxygen atoms in total. The minimum absolute atomic E-state index is 0.198. The third-order valence-corrected chi connectivity index (χ3v) is 4.18. The largest absolute Gasteiger partial charge is 0.373 e. The maximum Gasteiger partial charge on any atom is 0.269 e. The Bertz CT molecular complexity index is 706. The fourth-order valence-corrected chi connectivity index (χ4v) is 3.16. The fourth-order valence-electron chi connectivity index (χ4n) is 3.16. The number of nitrogens with one attached hydrogen (secondary N) is 1. The molecule has 0 radical (unpaired) electrons. The van der Waals surface area contributed by atoms with Gasteiger partial charge in [0.2, 0.25) is 0 Å². The summed E-state index contributed by atoms with van der Waals surface area (Å²) in [5.74, 6) is -0.514. The van der Waals surface area contributed by atoms with E-state index in [0.29, 0.717) is 17.9 Å². The predicted octanol–water partition coefficient (Wildman–Crippen LogP) is 1.85. The highest BCUT2D eigenvalue weighted by molar-refractivity contribution is 5.92. The van der Waals surface area contributed by atoms with E-state index in [1.54, 1.807) is 23.0 Å². The Kier molecular flexibility index (Phi) is 5.45. The molecule has 0 unspecified atom stereocenters. The molecular weight excluding hydrogens is 323 g/mol. The first-order chi connectivity index (χ1) is 12.0. The van der Waals surface area contributed by atoms with Gasteiger partial charge in [-0.3, -0.25) is 14.3 Å². The van der Waals surface area contributed by atoms with Crippen molar-refractivity contribution in [3.05, 3.63) is 48.3 Å². The average molecular weight is 346 g/mol. The van der Waals surface area contributed by atoms with E-state index >= 15 is 0 Å². The van der Waals surface area contributed by atoms with Gasteiger partial charge < -0.3 is 10.1 Å². The molecule has 7 heteroatoms. The first kappa shape index (κ1) is 17.6. The summed E-state index contributed by atoms with van der Waals surface area (Å²) in [5.41, 5.74) is 1.12. The SMILES string of the molecule is C[C@@H]1CN(CCNC(=O)c2cncn2-c2ccc(F)cc2)C[C@H](C)O1. The van der Waals surface area contributed by atoms with Crippen LogP contribution in [0.2, 0.25) is 0 Å². The number of carbonyl (C=O) groups excluding carboxylic acids is 1. The number of benzene rings is 1. The van der Waals surface area contributed by atoms with Crippen molar-refractivity contribution in [2.75, 3.05) is 26.2 Å². The molecule has 0 spiro atoms. The maximum absolute atomic E-state index is 13.1. The minimum atomic E-state index is -0.316. The van der Waals surface area contributed by atoms with E-state index < -0.39 is 0 Å². The van der Waals surface area contributed by atoms with Crippen molar-refractivity contribution in [3.63, 3.8) is 0 Å². The summed E-state index contributed by atoms with van der Waals surface area (Å²) in [5, 5.41) is 2.93. The summed E-state index contributed by atoms with van der Waals surface area (Å²) >= 11 is 0. The second-order valence-corrected chi connectivity index (χ2v) is 6.40. The number of rotatable bonds is 5. The van der Waals surface area contributed by atoms with Crippen LogP contribution >= 0.6 is 0 Å². The number of morpholine rings is 1. The van der Waals surface area contributed by atoms with Crippen molar-refractivity contribution >= 4 is 5.91 Å². The van der Waals surface area contributed by atoms with Crippen molar-refractivity contribution < 1.29 is 13.9 Å². The quantitative estimate of drug-likeness (QED) is 0.898. The molecule has 2 heterocycles. The highest BCUT2D eigenvalue weighted by atomic mass is 19.1. The van der Waals surface area contributed by atoms with Gasteiger partial charge >= 0.3 is 0 Å². The molecule has 0 bridgehead atoms. The van der Waals surface area contributed by atoms with Crippen LogP contribution in [0.5, 0.6) is 0 Å². The maximum atomic E-state index is 13.1. The highest BCUT2D eigenvalue weighted by Gasteiger charge is 2.22. The van der Waals surface area contributed by atoms with Crippen LogP contribution in [-0.2, 0) is 4.74 Å². The molecule has 2 atom stereocenters. The van der Waals surface area contributed by atoms with Crippen molar-refractivity contribution in [2.45, 2.75) is 26.1 Å².